The number of hydrogen-bond donors (Lipinski definition) is 1. The molecule has 0 fully saturated rings. The van der Waals surface area contributed by atoms with Gasteiger partial charge < -0.3 is 5.32 Å². The molecule has 0 atom stereocenters. The molecule has 6 heteroatoms. The molecule has 1 aromatic rings. The number of nitrogens with one attached hydrogen (secondary N) is 1. The minimum absolute atomic E-state index is 0.244. The fourth-order valence-corrected chi connectivity index (χ4v) is 1.86. The number of anilines is 1. The Labute approximate surface area is 96.6 Å². The van der Waals surface area contributed by atoms with Gasteiger partial charge in [0.2, 0.25) is 0 Å². The Kier molecular flexibility index (Phi) is 4.46. The smallest absolute Gasteiger partial charge is 0.373 e. The highest BCUT2D eigenvalue weighted by molar-refractivity contribution is 7.99. The normalized spacial score (nSPS) is 11.6. The van der Waals surface area contributed by atoms with Gasteiger partial charge in [0.1, 0.15) is 5.82 Å². The van der Waals surface area contributed by atoms with Crippen molar-refractivity contribution < 1.29 is 13.2 Å². The molecule has 0 aliphatic rings. The molecule has 0 unspecified atom stereocenters. The molecule has 0 spiro atoms. The molecule has 0 saturated heterocycles. The minimum atomic E-state index is -4.32. The highest BCUT2D eigenvalue weighted by Gasteiger charge is 2.31. The quantitative estimate of drug-likeness (QED) is 0.826. The van der Waals surface area contributed by atoms with Gasteiger partial charge in [0.15, 0.2) is 0 Å². The number of hydrogen-bond acceptors (Lipinski definition) is 3. The van der Waals surface area contributed by atoms with Crippen LogP contribution in [0.3, 0.4) is 0 Å². The molecule has 16 heavy (non-hydrogen) atoms. The first-order valence-electron chi connectivity index (χ1n) is 4.87. The minimum Gasteiger partial charge on any atom is -0.373 e. The van der Waals surface area contributed by atoms with Gasteiger partial charge in [-0.2, -0.15) is 13.2 Å². The summed E-state index contributed by atoms with van der Waals surface area (Å²) in [6, 6.07) is 2.09. The van der Waals surface area contributed by atoms with Crippen molar-refractivity contribution in [1.29, 1.82) is 0 Å². The van der Waals surface area contributed by atoms with Crippen LogP contribution < -0.4 is 5.32 Å². The molecule has 1 aromatic heterocycles. The number of rotatable bonds is 4. The van der Waals surface area contributed by atoms with E-state index in [1.54, 1.807) is 7.05 Å². The van der Waals surface area contributed by atoms with E-state index in [0.717, 1.165) is 24.3 Å². The van der Waals surface area contributed by atoms with E-state index >= 15 is 0 Å². The highest BCUT2D eigenvalue weighted by Crippen LogP contribution is 2.33. The van der Waals surface area contributed by atoms with Gasteiger partial charge >= 0.3 is 6.18 Å². The Morgan fingerprint density at radius 3 is 2.56 bits per heavy atom. The number of aromatic nitrogens is 1. The third-order valence-corrected chi connectivity index (χ3v) is 2.96. The van der Waals surface area contributed by atoms with Gasteiger partial charge in [0.05, 0.1) is 10.6 Å². The van der Waals surface area contributed by atoms with Gasteiger partial charge in [-0.25, -0.2) is 4.98 Å². The van der Waals surface area contributed by atoms with Crippen LogP contribution in [0.15, 0.2) is 17.2 Å². The average molecular weight is 250 g/mol. The van der Waals surface area contributed by atoms with Crippen molar-refractivity contribution in [3.8, 4) is 0 Å². The Balaban J connectivity index is 3.01. The van der Waals surface area contributed by atoms with Crippen LogP contribution in [0.25, 0.3) is 0 Å². The van der Waals surface area contributed by atoms with Crippen molar-refractivity contribution in [1.82, 2.24) is 4.98 Å². The Bertz CT molecular complexity index is 352. The third kappa shape index (κ3) is 3.59. The van der Waals surface area contributed by atoms with E-state index in [9.17, 15) is 13.2 Å². The summed E-state index contributed by atoms with van der Waals surface area (Å²) in [4.78, 5) is 4.05. The number of thioether (sulfide) groups is 1. The molecule has 90 valence electrons. The highest BCUT2D eigenvalue weighted by atomic mass is 32.2. The first-order chi connectivity index (χ1) is 7.47. The van der Waals surface area contributed by atoms with Gasteiger partial charge in [-0.3, -0.25) is 0 Å². The second kappa shape index (κ2) is 5.43. The van der Waals surface area contributed by atoms with Gasteiger partial charge in [-0.05, 0) is 24.3 Å². The molecule has 0 aliphatic heterocycles. The van der Waals surface area contributed by atoms with Crippen LogP contribution in [0.4, 0.5) is 19.0 Å². The number of alkyl halides is 3. The van der Waals surface area contributed by atoms with Gasteiger partial charge in [0, 0.05) is 7.05 Å². The molecular weight excluding hydrogens is 237 g/mol. The van der Waals surface area contributed by atoms with Gasteiger partial charge in [-0.15, -0.1) is 11.8 Å². The van der Waals surface area contributed by atoms with Gasteiger partial charge in [0.25, 0.3) is 0 Å². The van der Waals surface area contributed by atoms with Crippen molar-refractivity contribution in [2.45, 2.75) is 24.5 Å². The summed E-state index contributed by atoms with van der Waals surface area (Å²) in [7, 11) is 1.55. The first kappa shape index (κ1) is 13.2. The predicted molar refractivity (Wildman–Crippen MR) is 59.8 cm³/mol. The first-order valence-corrected chi connectivity index (χ1v) is 5.85. The second-order valence-corrected chi connectivity index (χ2v) is 4.29. The summed E-state index contributed by atoms with van der Waals surface area (Å²) >= 11 is 1.33. The fourth-order valence-electron chi connectivity index (χ4n) is 1.08. The van der Waals surface area contributed by atoms with Crippen LogP contribution in [0.1, 0.15) is 18.9 Å². The van der Waals surface area contributed by atoms with Crippen molar-refractivity contribution in [2.24, 2.45) is 0 Å². The van der Waals surface area contributed by atoms with Crippen LogP contribution in [-0.2, 0) is 6.18 Å². The van der Waals surface area contributed by atoms with Crippen molar-refractivity contribution in [3.05, 3.63) is 17.7 Å². The monoisotopic (exact) mass is 250 g/mol. The Morgan fingerprint density at radius 1 is 1.38 bits per heavy atom. The van der Waals surface area contributed by atoms with Crippen LogP contribution in [0.2, 0.25) is 0 Å². The predicted octanol–water partition coefficient (Wildman–Crippen LogP) is 3.64. The van der Waals surface area contributed by atoms with E-state index in [1.165, 1.54) is 11.8 Å². The Morgan fingerprint density at radius 2 is 2.06 bits per heavy atom. The molecule has 0 aliphatic carbocycles. The molecule has 0 radical (unpaired) electrons. The summed E-state index contributed by atoms with van der Waals surface area (Å²) < 4.78 is 37.6. The van der Waals surface area contributed by atoms with Gasteiger partial charge in [-0.1, -0.05) is 6.92 Å². The van der Waals surface area contributed by atoms with E-state index in [-0.39, 0.29) is 5.82 Å². The van der Waals surface area contributed by atoms with Crippen molar-refractivity contribution in [2.75, 3.05) is 18.1 Å². The van der Waals surface area contributed by atoms with Crippen LogP contribution in [0.5, 0.6) is 0 Å². The molecule has 0 aromatic carbocycles. The van der Waals surface area contributed by atoms with Crippen molar-refractivity contribution in [3.63, 3.8) is 0 Å². The molecular formula is C10H13F3N2S. The topological polar surface area (TPSA) is 24.9 Å². The van der Waals surface area contributed by atoms with Crippen LogP contribution in [0, 0.1) is 0 Å². The zero-order chi connectivity index (χ0) is 12.2. The van der Waals surface area contributed by atoms with E-state index in [2.05, 4.69) is 10.3 Å². The molecule has 1 rings (SSSR count). The van der Waals surface area contributed by atoms with Crippen LogP contribution >= 0.6 is 11.8 Å². The maximum atomic E-state index is 12.5. The zero-order valence-corrected chi connectivity index (χ0v) is 9.87. The Hall–Kier alpha value is -0.910. The maximum Gasteiger partial charge on any atom is 0.416 e. The van der Waals surface area contributed by atoms with E-state index in [0.29, 0.717) is 5.03 Å². The molecule has 1 N–H and O–H groups in total. The molecule has 0 saturated carbocycles. The lowest BCUT2D eigenvalue weighted by molar-refractivity contribution is -0.137. The molecule has 1 heterocycles. The largest absolute Gasteiger partial charge is 0.416 e. The standard InChI is InChI=1S/C10H13F3N2S/c1-3-4-16-9-6-7(10(11,12)13)5-8(14-2)15-9/h5-6H,3-4H2,1-2H3,(H,14,15). The maximum absolute atomic E-state index is 12.5. The SMILES string of the molecule is CCCSc1cc(C(F)(F)F)cc(NC)n1. The summed E-state index contributed by atoms with van der Waals surface area (Å²) in [5.41, 5.74) is -0.662. The molecule has 0 bridgehead atoms. The third-order valence-electron chi connectivity index (χ3n) is 1.84. The van der Waals surface area contributed by atoms with E-state index < -0.39 is 11.7 Å². The molecule has 0 amide bonds. The van der Waals surface area contributed by atoms with E-state index in [4.69, 9.17) is 0 Å². The second-order valence-electron chi connectivity index (χ2n) is 3.18. The lowest BCUT2D eigenvalue weighted by atomic mass is 10.2. The number of nitrogens with zero attached hydrogens (tertiary/aromatic N) is 1. The summed E-state index contributed by atoms with van der Waals surface area (Å²) in [6.45, 7) is 1.97. The zero-order valence-electron chi connectivity index (χ0n) is 9.06. The fraction of sp³-hybridized carbons (Fsp3) is 0.500. The summed E-state index contributed by atoms with van der Waals surface area (Å²) in [5, 5.41) is 3.04. The lowest BCUT2D eigenvalue weighted by Gasteiger charge is -2.10. The number of pyridine rings is 1. The lowest BCUT2D eigenvalue weighted by Crippen LogP contribution is -2.07. The summed E-state index contributed by atoms with van der Waals surface area (Å²) in [5.74, 6) is 1.01. The van der Waals surface area contributed by atoms with Crippen LogP contribution in [-0.4, -0.2) is 17.8 Å². The summed E-state index contributed by atoms with van der Waals surface area (Å²) in [6.07, 6.45) is -3.42. The molecule has 2 nitrogen and oxygen atoms in total. The van der Waals surface area contributed by atoms with Crippen molar-refractivity contribution >= 4 is 17.6 Å². The van der Waals surface area contributed by atoms with E-state index in [1.807, 2.05) is 6.92 Å². The number of halogens is 3. The average Bonchev–Trinajstić information content (AvgIpc) is 2.24.